The molecule has 1 aliphatic heterocycles. The Morgan fingerprint density at radius 1 is 1.35 bits per heavy atom. The molecule has 1 saturated heterocycles. The van der Waals surface area contributed by atoms with Crippen molar-refractivity contribution in [3.05, 3.63) is 41.6 Å². The molecule has 122 valence electrons. The molecule has 2 heterocycles. The average molecular weight is 332 g/mol. The number of sulfone groups is 1. The zero-order valence-electron chi connectivity index (χ0n) is 13.3. The number of carbonyl (C=O) groups is 1. The van der Waals surface area contributed by atoms with Gasteiger partial charge in [0.15, 0.2) is 9.84 Å². The number of amides is 1. The highest BCUT2D eigenvalue weighted by Crippen LogP contribution is 2.20. The molecule has 0 radical (unpaired) electrons. The zero-order chi connectivity index (χ0) is 16.6. The van der Waals surface area contributed by atoms with Crippen molar-refractivity contribution in [3.63, 3.8) is 0 Å². The first kappa shape index (κ1) is 15.9. The molecule has 1 aromatic carbocycles. The van der Waals surface area contributed by atoms with Crippen molar-refractivity contribution in [1.29, 1.82) is 0 Å². The van der Waals surface area contributed by atoms with Gasteiger partial charge in [0.2, 0.25) is 5.91 Å². The Morgan fingerprint density at radius 3 is 2.78 bits per heavy atom. The second-order valence-electron chi connectivity index (χ2n) is 6.18. The molecule has 1 fully saturated rings. The summed E-state index contributed by atoms with van der Waals surface area (Å²) in [6.07, 6.45) is 0.721. The van der Waals surface area contributed by atoms with Gasteiger partial charge < -0.3 is 4.90 Å². The highest BCUT2D eigenvalue weighted by Gasteiger charge is 2.32. The lowest BCUT2D eigenvalue weighted by atomic mass is 10.1. The van der Waals surface area contributed by atoms with Crippen molar-refractivity contribution in [2.45, 2.75) is 25.8 Å². The normalized spacial score (nSPS) is 19.8. The predicted octanol–water partition coefficient (Wildman–Crippen LogP) is 1.73. The van der Waals surface area contributed by atoms with E-state index in [1.807, 2.05) is 37.3 Å². The Kier molecular flexibility index (Phi) is 4.10. The number of nitrogens with zero attached hydrogens (tertiary/aromatic N) is 2. The van der Waals surface area contributed by atoms with Gasteiger partial charge >= 0.3 is 0 Å². The van der Waals surface area contributed by atoms with Gasteiger partial charge in [-0.2, -0.15) is 0 Å². The number of hydrogen-bond donors (Lipinski definition) is 0. The number of para-hydroxylation sites is 1. The fraction of sp³-hybridized carbons (Fsp3) is 0.412. The van der Waals surface area contributed by atoms with Crippen molar-refractivity contribution >= 4 is 26.6 Å². The highest BCUT2D eigenvalue weighted by molar-refractivity contribution is 7.91. The molecule has 1 aliphatic rings. The van der Waals surface area contributed by atoms with Crippen LogP contribution in [0.25, 0.3) is 10.9 Å². The SMILES string of the molecule is Cc1cc2ccccc2nc1CC(=O)N(C)C1CCS(=O)(=O)C1. The molecule has 0 bridgehead atoms. The summed E-state index contributed by atoms with van der Waals surface area (Å²) in [5, 5.41) is 1.05. The first-order valence-electron chi connectivity index (χ1n) is 7.67. The third-order valence-corrected chi connectivity index (χ3v) is 6.24. The van der Waals surface area contributed by atoms with E-state index in [2.05, 4.69) is 4.98 Å². The molecule has 1 aromatic heterocycles. The summed E-state index contributed by atoms with van der Waals surface area (Å²) in [6.45, 7) is 1.95. The topological polar surface area (TPSA) is 67.3 Å². The Bertz CT molecular complexity index is 861. The van der Waals surface area contributed by atoms with Crippen LogP contribution in [0.2, 0.25) is 0 Å². The largest absolute Gasteiger partial charge is 0.341 e. The van der Waals surface area contributed by atoms with Crippen LogP contribution in [0.4, 0.5) is 0 Å². The zero-order valence-corrected chi connectivity index (χ0v) is 14.1. The number of rotatable bonds is 3. The van der Waals surface area contributed by atoms with E-state index in [-0.39, 0.29) is 29.9 Å². The number of carbonyl (C=O) groups excluding carboxylic acids is 1. The van der Waals surface area contributed by atoms with Gasteiger partial charge in [0.1, 0.15) is 0 Å². The number of benzene rings is 1. The number of fused-ring (bicyclic) bond motifs is 1. The van der Waals surface area contributed by atoms with Crippen molar-refractivity contribution in [2.75, 3.05) is 18.6 Å². The minimum Gasteiger partial charge on any atom is -0.341 e. The second-order valence-corrected chi connectivity index (χ2v) is 8.41. The van der Waals surface area contributed by atoms with Crippen LogP contribution >= 0.6 is 0 Å². The van der Waals surface area contributed by atoms with E-state index in [0.29, 0.717) is 6.42 Å². The fourth-order valence-electron chi connectivity index (χ4n) is 2.99. The monoisotopic (exact) mass is 332 g/mol. The molecule has 5 nitrogen and oxygen atoms in total. The summed E-state index contributed by atoms with van der Waals surface area (Å²) in [5.41, 5.74) is 2.60. The van der Waals surface area contributed by atoms with Crippen LogP contribution in [-0.2, 0) is 21.1 Å². The minimum absolute atomic E-state index is 0.0688. The summed E-state index contributed by atoms with van der Waals surface area (Å²) >= 11 is 0. The molecule has 1 atom stereocenters. The molecule has 0 saturated carbocycles. The number of hydrogen-bond acceptors (Lipinski definition) is 4. The fourth-order valence-corrected chi connectivity index (χ4v) is 4.77. The third-order valence-electron chi connectivity index (χ3n) is 4.49. The number of pyridine rings is 1. The first-order valence-corrected chi connectivity index (χ1v) is 9.49. The van der Waals surface area contributed by atoms with Gasteiger partial charge in [-0.25, -0.2) is 8.42 Å². The van der Waals surface area contributed by atoms with Gasteiger partial charge in [-0.15, -0.1) is 0 Å². The van der Waals surface area contributed by atoms with Crippen LogP contribution in [0, 0.1) is 6.92 Å². The van der Waals surface area contributed by atoms with Gasteiger partial charge in [-0.3, -0.25) is 9.78 Å². The van der Waals surface area contributed by atoms with Gasteiger partial charge in [-0.05, 0) is 31.0 Å². The number of aromatic nitrogens is 1. The standard InChI is InChI=1S/C17H20N2O3S/c1-12-9-13-5-3-4-6-15(13)18-16(12)10-17(20)19(2)14-7-8-23(21,22)11-14/h3-6,9,14H,7-8,10-11H2,1-2H3. The maximum absolute atomic E-state index is 12.5. The molecule has 1 unspecified atom stereocenters. The number of aryl methyl sites for hydroxylation is 1. The Morgan fingerprint density at radius 2 is 2.09 bits per heavy atom. The van der Waals surface area contributed by atoms with Crippen LogP contribution in [0.5, 0.6) is 0 Å². The van der Waals surface area contributed by atoms with E-state index in [4.69, 9.17) is 0 Å². The summed E-state index contributed by atoms with van der Waals surface area (Å²) < 4.78 is 23.2. The molecule has 1 amide bonds. The number of likely N-dealkylation sites (N-methyl/N-ethyl adjacent to an activating group) is 1. The van der Waals surface area contributed by atoms with E-state index < -0.39 is 9.84 Å². The van der Waals surface area contributed by atoms with Gasteiger partial charge in [0.25, 0.3) is 0 Å². The lowest BCUT2D eigenvalue weighted by Gasteiger charge is -2.23. The van der Waals surface area contributed by atoms with Crippen molar-refractivity contribution in [2.24, 2.45) is 0 Å². The van der Waals surface area contributed by atoms with Gasteiger partial charge in [-0.1, -0.05) is 18.2 Å². The van der Waals surface area contributed by atoms with E-state index in [1.165, 1.54) is 0 Å². The smallest absolute Gasteiger partial charge is 0.228 e. The Hall–Kier alpha value is -1.95. The average Bonchev–Trinajstić information content (AvgIpc) is 2.87. The Labute approximate surface area is 136 Å². The third kappa shape index (κ3) is 3.37. The lowest BCUT2D eigenvalue weighted by molar-refractivity contribution is -0.130. The summed E-state index contributed by atoms with van der Waals surface area (Å²) in [4.78, 5) is 18.6. The quantitative estimate of drug-likeness (QED) is 0.858. The predicted molar refractivity (Wildman–Crippen MR) is 90.0 cm³/mol. The van der Waals surface area contributed by atoms with Crippen molar-refractivity contribution in [1.82, 2.24) is 9.88 Å². The van der Waals surface area contributed by atoms with Crippen LogP contribution in [-0.4, -0.2) is 48.8 Å². The molecule has 3 rings (SSSR count). The summed E-state index contributed by atoms with van der Waals surface area (Å²) in [6, 6.07) is 9.62. The van der Waals surface area contributed by atoms with Crippen LogP contribution in [0.3, 0.4) is 0 Å². The van der Waals surface area contributed by atoms with E-state index in [1.54, 1.807) is 11.9 Å². The summed E-state index contributed by atoms with van der Waals surface area (Å²) in [7, 11) is -1.31. The van der Waals surface area contributed by atoms with Crippen LogP contribution in [0.1, 0.15) is 17.7 Å². The molecule has 2 aromatic rings. The molecule has 6 heteroatoms. The van der Waals surface area contributed by atoms with Crippen molar-refractivity contribution in [3.8, 4) is 0 Å². The van der Waals surface area contributed by atoms with Crippen LogP contribution in [0.15, 0.2) is 30.3 Å². The minimum atomic E-state index is -2.99. The van der Waals surface area contributed by atoms with E-state index in [0.717, 1.165) is 22.2 Å². The molecule has 23 heavy (non-hydrogen) atoms. The van der Waals surface area contributed by atoms with Gasteiger partial charge in [0, 0.05) is 18.5 Å². The van der Waals surface area contributed by atoms with Crippen molar-refractivity contribution < 1.29 is 13.2 Å². The highest BCUT2D eigenvalue weighted by atomic mass is 32.2. The molecule has 0 N–H and O–H groups in total. The van der Waals surface area contributed by atoms with E-state index in [9.17, 15) is 13.2 Å². The van der Waals surface area contributed by atoms with E-state index >= 15 is 0 Å². The lowest BCUT2D eigenvalue weighted by Crippen LogP contribution is -2.38. The molecular formula is C17H20N2O3S. The maximum Gasteiger partial charge on any atom is 0.228 e. The summed E-state index contributed by atoms with van der Waals surface area (Å²) in [5.74, 6) is 0.153. The molecule has 0 aliphatic carbocycles. The first-order chi connectivity index (χ1) is 10.9. The second kappa shape index (κ2) is 5.92. The van der Waals surface area contributed by atoms with Crippen LogP contribution < -0.4 is 0 Å². The Balaban J connectivity index is 1.78. The van der Waals surface area contributed by atoms with Gasteiger partial charge in [0.05, 0.1) is 29.1 Å². The maximum atomic E-state index is 12.5. The molecular weight excluding hydrogens is 312 g/mol. The molecule has 0 spiro atoms.